The van der Waals surface area contributed by atoms with E-state index < -0.39 is 0 Å². The highest BCUT2D eigenvalue weighted by molar-refractivity contribution is 5.54. The SMILES string of the molecule is C[n+]1cn(-c2ccc3c(c2)C(C)(C)C(C)(C)C3(C)C)c2c1C1CC3CC(CC2C3)C1. The van der Waals surface area contributed by atoms with E-state index in [0.717, 1.165) is 23.7 Å². The first kappa shape index (κ1) is 19.1. The van der Waals surface area contributed by atoms with Gasteiger partial charge in [-0.15, -0.1) is 0 Å². The topological polar surface area (TPSA) is 8.81 Å². The van der Waals surface area contributed by atoms with Crippen LogP contribution in [0.4, 0.5) is 0 Å². The molecule has 2 atom stereocenters. The standard InChI is InChI=1S/C28H39N2/c1-26(2)22-9-8-21(15-23(22)27(3,4)28(26,5)6)30-16-29(7)24-19-11-17-10-18(12-19)14-20(13-17)25(24)30/h8-9,15-20H,10-14H2,1-7H3/q+1. The van der Waals surface area contributed by atoms with Crippen LogP contribution in [0.1, 0.15) is 108 Å². The maximum absolute atomic E-state index is 2.60. The van der Waals surface area contributed by atoms with Gasteiger partial charge in [-0.1, -0.05) is 47.6 Å². The molecule has 0 saturated heterocycles. The zero-order valence-electron chi connectivity index (χ0n) is 20.0. The van der Waals surface area contributed by atoms with Crippen molar-refractivity contribution in [2.75, 3.05) is 0 Å². The second-order valence-corrected chi connectivity index (χ2v) is 12.8. The second kappa shape index (κ2) is 5.61. The minimum atomic E-state index is 0.158. The molecule has 0 radical (unpaired) electrons. The molecule has 2 heteroatoms. The number of hydrogen-bond donors (Lipinski definition) is 0. The first-order valence-electron chi connectivity index (χ1n) is 12.3. The van der Waals surface area contributed by atoms with Crippen molar-refractivity contribution in [2.24, 2.45) is 24.3 Å². The summed E-state index contributed by atoms with van der Waals surface area (Å²) in [4.78, 5) is 0. The van der Waals surface area contributed by atoms with Crippen LogP contribution in [0.25, 0.3) is 5.69 Å². The minimum Gasteiger partial charge on any atom is -0.236 e. The third-order valence-electron chi connectivity index (χ3n) is 10.9. The van der Waals surface area contributed by atoms with Crippen LogP contribution in [-0.2, 0) is 17.9 Å². The Morgan fingerprint density at radius 1 is 0.800 bits per heavy atom. The maximum atomic E-state index is 2.60. The fourth-order valence-corrected chi connectivity index (χ4v) is 8.21. The maximum Gasteiger partial charge on any atom is 0.249 e. The van der Waals surface area contributed by atoms with Gasteiger partial charge in [0.1, 0.15) is 11.4 Å². The molecule has 0 N–H and O–H groups in total. The van der Waals surface area contributed by atoms with Crippen molar-refractivity contribution in [3.8, 4) is 5.69 Å². The van der Waals surface area contributed by atoms with E-state index in [9.17, 15) is 0 Å². The molecule has 0 amide bonds. The van der Waals surface area contributed by atoms with E-state index in [1.54, 1.807) is 22.5 Å². The highest BCUT2D eigenvalue weighted by Gasteiger charge is 2.57. The Labute approximate surface area is 182 Å². The molecule has 4 bridgehead atoms. The smallest absolute Gasteiger partial charge is 0.236 e. The van der Waals surface area contributed by atoms with Gasteiger partial charge in [0, 0.05) is 11.8 Å². The number of imidazole rings is 1. The van der Waals surface area contributed by atoms with E-state index in [-0.39, 0.29) is 16.2 Å². The molecule has 2 aromatic rings. The summed E-state index contributed by atoms with van der Waals surface area (Å²) < 4.78 is 5.08. The summed E-state index contributed by atoms with van der Waals surface area (Å²) >= 11 is 0. The van der Waals surface area contributed by atoms with Crippen LogP contribution in [0.3, 0.4) is 0 Å². The van der Waals surface area contributed by atoms with Crippen LogP contribution >= 0.6 is 0 Å². The molecule has 2 unspecified atom stereocenters. The van der Waals surface area contributed by atoms with Gasteiger partial charge in [-0.05, 0) is 83.4 Å². The summed E-state index contributed by atoms with van der Waals surface area (Å²) in [6.07, 6.45) is 9.58. The molecule has 160 valence electrons. The zero-order valence-corrected chi connectivity index (χ0v) is 20.0. The summed E-state index contributed by atoms with van der Waals surface area (Å²) in [5.41, 5.74) is 8.35. The normalized spacial score (nSPS) is 34.0. The fraction of sp³-hybridized carbons (Fsp3) is 0.679. The number of benzene rings is 1. The van der Waals surface area contributed by atoms with Crippen molar-refractivity contribution in [1.29, 1.82) is 0 Å². The van der Waals surface area contributed by atoms with Crippen molar-refractivity contribution in [3.05, 3.63) is 47.0 Å². The number of fused-ring (bicyclic) bond motifs is 1. The molecule has 5 aliphatic carbocycles. The van der Waals surface area contributed by atoms with Gasteiger partial charge in [-0.25, -0.2) is 4.57 Å². The van der Waals surface area contributed by atoms with Crippen molar-refractivity contribution >= 4 is 0 Å². The molecule has 1 aromatic carbocycles. The lowest BCUT2D eigenvalue weighted by atomic mass is 9.59. The largest absolute Gasteiger partial charge is 0.249 e. The Bertz CT molecular complexity index is 1040. The van der Waals surface area contributed by atoms with Crippen LogP contribution in [0.15, 0.2) is 24.5 Å². The third kappa shape index (κ3) is 2.14. The molecule has 0 spiro atoms. The van der Waals surface area contributed by atoms with Gasteiger partial charge in [-0.2, -0.15) is 4.57 Å². The number of hydrogen-bond acceptors (Lipinski definition) is 0. The lowest BCUT2D eigenvalue weighted by Gasteiger charge is -2.44. The van der Waals surface area contributed by atoms with E-state index in [1.165, 1.54) is 37.8 Å². The Morgan fingerprint density at radius 2 is 1.40 bits per heavy atom. The fourth-order valence-electron chi connectivity index (χ4n) is 8.21. The Morgan fingerprint density at radius 3 is 2.07 bits per heavy atom. The van der Waals surface area contributed by atoms with Gasteiger partial charge in [0.2, 0.25) is 6.33 Å². The molecule has 1 heterocycles. The van der Waals surface area contributed by atoms with Crippen molar-refractivity contribution in [3.63, 3.8) is 0 Å². The van der Waals surface area contributed by atoms with Gasteiger partial charge in [0.25, 0.3) is 0 Å². The predicted octanol–water partition coefficient (Wildman–Crippen LogP) is 6.29. The van der Waals surface area contributed by atoms with E-state index in [1.807, 2.05) is 0 Å². The highest BCUT2D eigenvalue weighted by Crippen LogP contribution is 2.62. The quantitative estimate of drug-likeness (QED) is 0.495. The van der Waals surface area contributed by atoms with E-state index >= 15 is 0 Å². The molecular weight excluding hydrogens is 364 g/mol. The van der Waals surface area contributed by atoms with Gasteiger partial charge < -0.3 is 0 Å². The molecule has 2 saturated carbocycles. The molecule has 2 nitrogen and oxygen atoms in total. The number of aromatic nitrogens is 2. The second-order valence-electron chi connectivity index (χ2n) is 12.8. The highest BCUT2D eigenvalue weighted by atomic mass is 15.1. The molecule has 0 aliphatic heterocycles. The monoisotopic (exact) mass is 403 g/mol. The summed E-state index contributed by atoms with van der Waals surface area (Å²) in [5, 5.41) is 0. The van der Waals surface area contributed by atoms with Gasteiger partial charge in [0.05, 0.1) is 7.05 Å². The van der Waals surface area contributed by atoms with Crippen LogP contribution in [-0.4, -0.2) is 4.57 Å². The summed E-state index contributed by atoms with van der Waals surface area (Å²) in [7, 11) is 2.30. The van der Waals surface area contributed by atoms with Crippen molar-refractivity contribution in [1.82, 2.24) is 4.57 Å². The Balaban J connectivity index is 1.54. The summed E-state index contributed by atoms with van der Waals surface area (Å²) in [5.74, 6) is 3.47. The molecule has 7 rings (SSSR count). The average Bonchev–Trinajstić information content (AvgIpc) is 2.98. The molecule has 1 aromatic heterocycles. The van der Waals surface area contributed by atoms with Gasteiger partial charge in [-0.3, -0.25) is 0 Å². The zero-order chi connectivity index (χ0) is 21.2. The summed E-state index contributed by atoms with van der Waals surface area (Å²) in [6, 6.07) is 7.41. The van der Waals surface area contributed by atoms with Crippen LogP contribution in [0.5, 0.6) is 0 Å². The molecule has 5 aliphatic rings. The van der Waals surface area contributed by atoms with E-state index in [2.05, 4.69) is 82.3 Å². The van der Waals surface area contributed by atoms with Crippen LogP contribution in [0, 0.1) is 17.3 Å². The summed E-state index contributed by atoms with van der Waals surface area (Å²) in [6.45, 7) is 14.7. The number of nitrogens with zero attached hydrogens (tertiary/aromatic N) is 2. The predicted molar refractivity (Wildman–Crippen MR) is 122 cm³/mol. The van der Waals surface area contributed by atoms with E-state index in [0.29, 0.717) is 0 Å². The lowest BCUT2D eigenvalue weighted by Crippen LogP contribution is -2.42. The van der Waals surface area contributed by atoms with Gasteiger partial charge in [0.15, 0.2) is 5.69 Å². The third-order valence-corrected chi connectivity index (χ3v) is 10.9. The lowest BCUT2D eigenvalue weighted by molar-refractivity contribution is -0.679. The van der Waals surface area contributed by atoms with Crippen molar-refractivity contribution in [2.45, 2.75) is 96.3 Å². The van der Waals surface area contributed by atoms with Crippen LogP contribution in [0.2, 0.25) is 0 Å². The molecular formula is C28H39N2+. The number of aryl methyl sites for hydroxylation is 1. The molecule has 30 heavy (non-hydrogen) atoms. The Hall–Kier alpha value is -1.57. The molecule has 2 fully saturated rings. The average molecular weight is 404 g/mol. The number of rotatable bonds is 1. The minimum absolute atomic E-state index is 0.158. The Kier molecular flexibility index (Phi) is 3.58. The first-order chi connectivity index (χ1) is 14.0. The van der Waals surface area contributed by atoms with Gasteiger partial charge >= 0.3 is 0 Å². The van der Waals surface area contributed by atoms with Crippen molar-refractivity contribution < 1.29 is 4.57 Å². The first-order valence-corrected chi connectivity index (χ1v) is 12.3. The van der Waals surface area contributed by atoms with Crippen LogP contribution < -0.4 is 4.57 Å². The van der Waals surface area contributed by atoms with E-state index in [4.69, 9.17) is 0 Å².